The number of aromatic nitrogens is 3. The van der Waals surface area contributed by atoms with E-state index in [1.807, 2.05) is 48.7 Å². The Hall–Kier alpha value is -2.51. The SMILES string of the molecule is COc1ccc(NC(=O)C(Sc2nncn2C(C)C)c2ccccc2)cc1Cl. The normalized spacial score (nSPS) is 12.0. The monoisotopic (exact) mass is 416 g/mol. The largest absolute Gasteiger partial charge is 0.495 e. The molecule has 0 aliphatic heterocycles. The Balaban J connectivity index is 1.87. The third kappa shape index (κ3) is 4.66. The van der Waals surface area contributed by atoms with Crippen LogP contribution in [0.2, 0.25) is 5.02 Å². The van der Waals surface area contributed by atoms with Gasteiger partial charge in [-0.2, -0.15) is 0 Å². The molecule has 28 heavy (non-hydrogen) atoms. The molecule has 8 heteroatoms. The van der Waals surface area contributed by atoms with Gasteiger partial charge in [-0.15, -0.1) is 10.2 Å². The molecule has 0 bridgehead atoms. The van der Waals surface area contributed by atoms with E-state index < -0.39 is 5.25 Å². The van der Waals surface area contributed by atoms with Crippen LogP contribution in [0, 0.1) is 0 Å². The van der Waals surface area contributed by atoms with Crippen molar-refractivity contribution < 1.29 is 9.53 Å². The van der Waals surface area contributed by atoms with Crippen molar-refractivity contribution in [2.75, 3.05) is 12.4 Å². The lowest BCUT2D eigenvalue weighted by molar-refractivity contribution is -0.115. The second-order valence-corrected chi connectivity index (χ2v) is 7.84. The van der Waals surface area contributed by atoms with Gasteiger partial charge in [0.15, 0.2) is 5.16 Å². The lowest BCUT2D eigenvalue weighted by atomic mass is 10.1. The van der Waals surface area contributed by atoms with Crippen LogP contribution in [0.1, 0.15) is 30.7 Å². The van der Waals surface area contributed by atoms with Crippen molar-refractivity contribution in [1.29, 1.82) is 0 Å². The summed E-state index contributed by atoms with van der Waals surface area (Å²) in [5.41, 5.74) is 1.48. The molecule has 1 N–H and O–H groups in total. The molecule has 0 saturated heterocycles. The summed E-state index contributed by atoms with van der Waals surface area (Å²) in [6.45, 7) is 4.09. The molecule has 1 unspecified atom stereocenters. The van der Waals surface area contributed by atoms with Gasteiger partial charge in [0.1, 0.15) is 17.3 Å². The van der Waals surface area contributed by atoms with E-state index in [-0.39, 0.29) is 11.9 Å². The van der Waals surface area contributed by atoms with Crippen molar-refractivity contribution >= 4 is 35.0 Å². The molecule has 3 aromatic rings. The van der Waals surface area contributed by atoms with Crippen LogP contribution in [-0.2, 0) is 4.79 Å². The van der Waals surface area contributed by atoms with Crippen molar-refractivity contribution in [1.82, 2.24) is 14.8 Å². The van der Waals surface area contributed by atoms with Crippen LogP contribution in [0.15, 0.2) is 60.0 Å². The van der Waals surface area contributed by atoms with Gasteiger partial charge in [0.2, 0.25) is 5.91 Å². The van der Waals surface area contributed by atoms with Gasteiger partial charge in [0.25, 0.3) is 0 Å². The average Bonchev–Trinajstić information content (AvgIpc) is 3.15. The first-order valence-electron chi connectivity index (χ1n) is 8.75. The number of halogens is 1. The average molecular weight is 417 g/mol. The lowest BCUT2D eigenvalue weighted by Crippen LogP contribution is -2.19. The lowest BCUT2D eigenvalue weighted by Gasteiger charge is -2.18. The summed E-state index contributed by atoms with van der Waals surface area (Å²) in [6.07, 6.45) is 1.68. The van der Waals surface area contributed by atoms with Gasteiger partial charge in [-0.1, -0.05) is 53.7 Å². The highest BCUT2D eigenvalue weighted by Gasteiger charge is 2.25. The smallest absolute Gasteiger partial charge is 0.242 e. The molecular weight excluding hydrogens is 396 g/mol. The van der Waals surface area contributed by atoms with Gasteiger partial charge in [0.05, 0.1) is 12.1 Å². The van der Waals surface area contributed by atoms with Crippen molar-refractivity contribution in [3.63, 3.8) is 0 Å². The molecule has 3 rings (SSSR count). The molecule has 1 aromatic heterocycles. The van der Waals surface area contributed by atoms with Gasteiger partial charge in [-0.25, -0.2) is 0 Å². The number of amides is 1. The van der Waals surface area contributed by atoms with Crippen molar-refractivity contribution in [2.24, 2.45) is 0 Å². The summed E-state index contributed by atoms with van der Waals surface area (Å²) in [5, 5.41) is 11.7. The summed E-state index contributed by atoms with van der Waals surface area (Å²) >= 11 is 7.54. The van der Waals surface area contributed by atoms with Crippen LogP contribution in [0.3, 0.4) is 0 Å². The van der Waals surface area contributed by atoms with Gasteiger partial charge in [0, 0.05) is 11.7 Å². The Bertz CT molecular complexity index is 946. The number of nitrogens with zero attached hydrogens (tertiary/aromatic N) is 3. The van der Waals surface area contributed by atoms with Crippen LogP contribution >= 0.6 is 23.4 Å². The maximum absolute atomic E-state index is 13.1. The Morgan fingerprint density at radius 1 is 1.21 bits per heavy atom. The second kappa shape index (κ2) is 9.12. The quantitative estimate of drug-likeness (QED) is 0.549. The molecule has 0 spiro atoms. The van der Waals surface area contributed by atoms with Gasteiger partial charge >= 0.3 is 0 Å². The first-order valence-corrected chi connectivity index (χ1v) is 10.0. The number of carbonyl (C=O) groups is 1. The standard InChI is InChI=1S/C20H21ClN4O2S/c1-13(2)25-12-22-24-20(25)28-18(14-7-5-4-6-8-14)19(26)23-15-9-10-17(27-3)16(21)11-15/h4-13,18H,1-3H3,(H,23,26). The number of anilines is 1. The van der Waals surface area contributed by atoms with E-state index in [1.54, 1.807) is 31.6 Å². The zero-order chi connectivity index (χ0) is 20.1. The highest BCUT2D eigenvalue weighted by Crippen LogP contribution is 2.36. The van der Waals surface area contributed by atoms with E-state index in [0.29, 0.717) is 21.6 Å². The number of benzene rings is 2. The van der Waals surface area contributed by atoms with E-state index in [1.165, 1.54) is 11.8 Å². The van der Waals surface area contributed by atoms with E-state index in [2.05, 4.69) is 15.5 Å². The van der Waals surface area contributed by atoms with Gasteiger partial charge in [-0.05, 0) is 37.6 Å². The zero-order valence-electron chi connectivity index (χ0n) is 15.8. The maximum Gasteiger partial charge on any atom is 0.242 e. The van der Waals surface area contributed by atoms with Gasteiger partial charge in [-0.3, -0.25) is 4.79 Å². The molecule has 1 atom stereocenters. The molecule has 2 aromatic carbocycles. The first kappa shape index (κ1) is 20.2. The maximum atomic E-state index is 13.1. The number of nitrogens with one attached hydrogen (secondary N) is 1. The fraction of sp³-hybridized carbons (Fsp3) is 0.250. The fourth-order valence-electron chi connectivity index (χ4n) is 2.63. The number of hydrogen-bond donors (Lipinski definition) is 1. The minimum Gasteiger partial charge on any atom is -0.495 e. The molecule has 0 aliphatic carbocycles. The second-order valence-electron chi connectivity index (χ2n) is 6.36. The van der Waals surface area contributed by atoms with E-state index in [0.717, 1.165) is 5.56 Å². The van der Waals surface area contributed by atoms with Crippen LogP contribution in [0.4, 0.5) is 5.69 Å². The van der Waals surface area contributed by atoms with Crippen LogP contribution in [-0.4, -0.2) is 27.8 Å². The first-order chi connectivity index (χ1) is 13.5. The third-order valence-electron chi connectivity index (χ3n) is 4.08. The van der Waals surface area contributed by atoms with Crippen molar-refractivity contribution in [2.45, 2.75) is 30.3 Å². The Labute approximate surface area is 173 Å². The predicted octanol–water partition coefficient (Wildman–Crippen LogP) is 4.99. The summed E-state index contributed by atoms with van der Waals surface area (Å²) < 4.78 is 7.10. The van der Waals surface area contributed by atoms with Crippen LogP contribution in [0.5, 0.6) is 5.75 Å². The molecule has 0 fully saturated rings. The minimum atomic E-state index is -0.497. The Morgan fingerprint density at radius 2 is 1.96 bits per heavy atom. The van der Waals surface area contributed by atoms with E-state index in [9.17, 15) is 4.79 Å². The van der Waals surface area contributed by atoms with Crippen molar-refractivity contribution in [3.05, 3.63) is 65.4 Å². The molecule has 0 aliphatic rings. The molecular formula is C20H21ClN4O2S. The number of methoxy groups -OCH3 is 1. The third-order valence-corrected chi connectivity index (χ3v) is 5.60. The summed E-state index contributed by atoms with van der Waals surface area (Å²) in [7, 11) is 1.55. The van der Waals surface area contributed by atoms with E-state index in [4.69, 9.17) is 16.3 Å². The summed E-state index contributed by atoms with van der Waals surface area (Å²) in [6, 6.07) is 14.9. The fourth-order valence-corrected chi connectivity index (χ4v) is 4.03. The topological polar surface area (TPSA) is 69.0 Å². The molecule has 1 amide bonds. The minimum absolute atomic E-state index is 0.171. The number of thioether (sulfide) groups is 1. The number of carbonyl (C=O) groups excluding carboxylic acids is 1. The van der Waals surface area contributed by atoms with Crippen LogP contribution in [0.25, 0.3) is 0 Å². The number of ether oxygens (including phenoxy) is 1. The Morgan fingerprint density at radius 3 is 2.61 bits per heavy atom. The molecule has 1 heterocycles. The summed E-state index contributed by atoms with van der Waals surface area (Å²) in [4.78, 5) is 13.1. The number of hydrogen-bond acceptors (Lipinski definition) is 5. The highest BCUT2D eigenvalue weighted by molar-refractivity contribution is 8.00. The van der Waals surface area contributed by atoms with Crippen LogP contribution < -0.4 is 10.1 Å². The molecule has 0 saturated carbocycles. The van der Waals surface area contributed by atoms with Gasteiger partial charge < -0.3 is 14.6 Å². The molecule has 146 valence electrons. The molecule has 6 nitrogen and oxygen atoms in total. The Kier molecular flexibility index (Phi) is 6.59. The zero-order valence-corrected chi connectivity index (χ0v) is 17.4. The number of rotatable bonds is 7. The molecule has 0 radical (unpaired) electrons. The summed E-state index contributed by atoms with van der Waals surface area (Å²) in [5.74, 6) is 0.384. The predicted molar refractivity (Wildman–Crippen MR) is 112 cm³/mol. The van der Waals surface area contributed by atoms with Crippen molar-refractivity contribution in [3.8, 4) is 5.75 Å². The van der Waals surface area contributed by atoms with E-state index >= 15 is 0 Å². The highest BCUT2D eigenvalue weighted by atomic mass is 35.5.